The molecule has 1 rings (SSSR count). The lowest BCUT2D eigenvalue weighted by Gasteiger charge is -2.19. The highest BCUT2D eigenvalue weighted by Gasteiger charge is 2.28. The number of hydrogen-bond donors (Lipinski definition) is 3. The van der Waals surface area contributed by atoms with E-state index in [4.69, 9.17) is 15.9 Å². The van der Waals surface area contributed by atoms with E-state index in [1.54, 1.807) is 12.1 Å². The van der Waals surface area contributed by atoms with Crippen LogP contribution < -0.4 is 5.73 Å². The predicted octanol–water partition coefficient (Wildman–Crippen LogP) is 0.729. The van der Waals surface area contributed by atoms with Gasteiger partial charge in [0.1, 0.15) is 5.54 Å². The van der Waals surface area contributed by atoms with E-state index in [1.807, 2.05) is 0 Å². The molecule has 4 N–H and O–H groups in total. The molecule has 0 unspecified atom stereocenters. The summed E-state index contributed by atoms with van der Waals surface area (Å²) in [6.07, 6.45) is 0.0868. The third kappa shape index (κ3) is 2.80. The molecule has 86 valence electrons. The van der Waals surface area contributed by atoms with Crippen molar-refractivity contribution in [3.05, 3.63) is 35.4 Å². The Morgan fingerprint density at radius 3 is 2.50 bits per heavy atom. The normalized spacial score (nSPS) is 14.1. The second-order valence-corrected chi connectivity index (χ2v) is 3.90. The molecular formula is C11H13NO4. The molecule has 0 aliphatic rings. The van der Waals surface area contributed by atoms with Gasteiger partial charge in [-0.3, -0.25) is 4.79 Å². The molecule has 0 fully saturated rings. The number of benzene rings is 1. The van der Waals surface area contributed by atoms with Gasteiger partial charge in [-0.05, 0) is 24.6 Å². The molecule has 0 heterocycles. The van der Waals surface area contributed by atoms with Crippen LogP contribution in [0.5, 0.6) is 0 Å². The lowest BCUT2D eigenvalue weighted by atomic mass is 9.93. The molecule has 0 radical (unpaired) electrons. The number of carboxylic acid groups (broad SMARTS) is 2. The highest BCUT2D eigenvalue weighted by Crippen LogP contribution is 2.13. The molecule has 5 nitrogen and oxygen atoms in total. The molecule has 0 aliphatic carbocycles. The maximum Gasteiger partial charge on any atom is 0.335 e. The zero-order valence-corrected chi connectivity index (χ0v) is 8.80. The summed E-state index contributed by atoms with van der Waals surface area (Å²) in [6.45, 7) is 1.39. The van der Waals surface area contributed by atoms with Crippen molar-refractivity contribution in [1.82, 2.24) is 0 Å². The summed E-state index contributed by atoms with van der Waals surface area (Å²) in [6, 6.07) is 6.09. The SMILES string of the molecule is C[C@@](N)(Cc1cccc(C(=O)O)c1)C(=O)O. The number of nitrogens with two attached hydrogens (primary N) is 1. The third-order valence-corrected chi connectivity index (χ3v) is 2.23. The summed E-state index contributed by atoms with van der Waals surface area (Å²) in [4.78, 5) is 21.5. The van der Waals surface area contributed by atoms with E-state index < -0.39 is 17.5 Å². The monoisotopic (exact) mass is 223 g/mol. The van der Waals surface area contributed by atoms with Crippen molar-refractivity contribution in [1.29, 1.82) is 0 Å². The fraction of sp³-hybridized carbons (Fsp3) is 0.273. The summed E-state index contributed by atoms with van der Waals surface area (Å²) >= 11 is 0. The summed E-state index contributed by atoms with van der Waals surface area (Å²) in [5.74, 6) is -2.16. The first kappa shape index (κ1) is 12.2. The van der Waals surface area contributed by atoms with Gasteiger partial charge in [0.25, 0.3) is 0 Å². The highest BCUT2D eigenvalue weighted by atomic mass is 16.4. The molecule has 1 atom stereocenters. The third-order valence-electron chi connectivity index (χ3n) is 2.23. The average molecular weight is 223 g/mol. The fourth-order valence-corrected chi connectivity index (χ4v) is 1.31. The second kappa shape index (κ2) is 4.32. The Labute approximate surface area is 92.5 Å². The van der Waals surface area contributed by atoms with E-state index in [1.165, 1.54) is 19.1 Å². The highest BCUT2D eigenvalue weighted by molar-refractivity contribution is 5.87. The van der Waals surface area contributed by atoms with Crippen LogP contribution >= 0.6 is 0 Å². The van der Waals surface area contributed by atoms with Crippen LogP contribution in [0.3, 0.4) is 0 Å². The molecular weight excluding hydrogens is 210 g/mol. The van der Waals surface area contributed by atoms with E-state index in [0.29, 0.717) is 5.56 Å². The maximum absolute atomic E-state index is 10.8. The number of carboxylic acids is 2. The topological polar surface area (TPSA) is 101 Å². The molecule has 0 spiro atoms. The molecule has 0 aromatic heterocycles. The first-order chi connectivity index (χ1) is 7.33. The average Bonchev–Trinajstić information content (AvgIpc) is 2.17. The van der Waals surface area contributed by atoms with Gasteiger partial charge in [0.2, 0.25) is 0 Å². The van der Waals surface area contributed by atoms with Crippen LogP contribution in [0, 0.1) is 0 Å². The van der Waals surface area contributed by atoms with Gasteiger partial charge in [0.15, 0.2) is 0 Å². The molecule has 0 bridgehead atoms. The van der Waals surface area contributed by atoms with Crippen LogP contribution in [0.15, 0.2) is 24.3 Å². The van der Waals surface area contributed by atoms with Crippen molar-refractivity contribution >= 4 is 11.9 Å². The second-order valence-electron chi connectivity index (χ2n) is 3.90. The van der Waals surface area contributed by atoms with Gasteiger partial charge >= 0.3 is 11.9 Å². The Kier molecular flexibility index (Phi) is 3.29. The minimum Gasteiger partial charge on any atom is -0.480 e. The first-order valence-electron chi connectivity index (χ1n) is 4.67. The number of aromatic carboxylic acids is 1. The van der Waals surface area contributed by atoms with Crippen LogP contribution in [0.1, 0.15) is 22.8 Å². The molecule has 1 aromatic carbocycles. The number of hydrogen-bond acceptors (Lipinski definition) is 3. The Morgan fingerprint density at radius 2 is 2.00 bits per heavy atom. The van der Waals surface area contributed by atoms with Crippen molar-refractivity contribution in [2.75, 3.05) is 0 Å². The largest absolute Gasteiger partial charge is 0.480 e. The van der Waals surface area contributed by atoms with E-state index in [9.17, 15) is 9.59 Å². The molecule has 0 amide bonds. The smallest absolute Gasteiger partial charge is 0.335 e. The van der Waals surface area contributed by atoms with E-state index in [2.05, 4.69) is 0 Å². The fourth-order valence-electron chi connectivity index (χ4n) is 1.31. The standard InChI is InChI=1S/C11H13NO4/c1-11(12,10(15)16)6-7-3-2-4-8(5-7)9(13)14/h2-5H,6,12H2,1H3,(H,13,14)(H,15,16)/t11-/m1/s1. The Morgan fingerprint density at radius 1 is 1.38 bits per heavy atom. The number of aliphatic carboxylic acids is 1. The first-order valence-corrected chi connectivity index (χ1v) is 4.67. The molecule has 0 aliphatic heterocycles. The van der Waals surface area contributed by atoms with Crippen molar-refractivity contribution in [3.8, 4) is 0 Å². The van der Waals surface area contributed by atoms with Crippen molar-refractivity contribution < 1.29 is 19.8 Å². The van der Waals surface area contributed by atoms with Crippen LogP contribution in [-0.4, -0.2) is 27.7 Å². The van der Waals surface area contributed by atoms with E-state index in [0.717, 1.165) is 0 Å². The summed E-state index contributed by atoms with van der Waals surface area (Å²) < 4.78 is 0. The molecule has 1 aromatic rings. The zero-order valence-electron chi connectivity index (χ0n) is 8.80. The molecule has 16 heavy (non-hydrogen) atoms. The Bertz CT molecular complexity index is 426. The van der Waals surface area contributed by atoms with Crippen LogP contribution in [0.25, 0.3) is 0 Å². The van der Waals surface area contributed by atoms with Gasteiger partial charge in [-0.15, -0.1) is 0 Å². The van der Waals surface area contributed by atoms with Crippen LogP contribution in [0.4, 0.5) is 0 Å². The van der Waals surface area contributed by atoms with Gasteiger partial charge in [-0.25, -0.2) is 4.79 Å². The Hall–Kier alpha value is -1.88. The Balaban J connectivity index is 2.94. The number of rotatable bonds is 4. The summed E-state index contributed by atoms with van der Waals surface area (Å²) in [7, 11) is 0. The molecule has 5 heteroatoms. The van der Waals surface area contributed by atoms with Gasteiger partial charge in [0, 0.05) is 6.42 Å². The van der Waals surface area contributed by atoms with Gasteiger partial charge in [-0.2, -0.15) is 0 Å². The lowest BCUT2D eigenvalue weighted by molar-refractivity contribution is -0.142. The van der Waals surface area contributed by atoms with Crippen LogP contribution in [0.2, 0.25) is 0 Å². The molecule has 0 saturated carbocycles. The zero-order chi connectivity index (χ0) is 12.3. The van der Waals surface area contributed by atoms with E-state index >= 15 is 0 Å². The maximum atomic E-state index is 10.8. The summed E-state index contributed by atoms with van der Waals surface area (Å²) in [5.41, 5.74) is 4.89. The summed E-state index contributed by atoms with van der Waals surface area (Å²) in [5, 5.41) is 17.6. The van der Waals surface area contributed by atoms with E-state index in [-0.39, 0.29) is 12.0 Å². The molecule has 0 saturated heterocycles. The van der Waals surface area contributed by atoms with Crippen molar-refractivity contribution in [2.24, 2.45) is 5.73 Å². The minimum atomic E-state index is -1.39. The minimum absolute atomic E-state index is 0.0868. The quantitative estimate of drug-likeness (QED) is 0.698. The van der Waals surface area contributed by atoms with Gasteiger partial charge < -0.3 is 15.9 Å². The van der Waals surface area contributed by atoms with Gasteiger partial charge in [0.05, 0.1) is 5.56 Å². The number of carbonyl (C=O) groups is 2. The van der Waals surface area contributed by atoms with Gasteiger partial charge in [-0.1, -0.05) is 12.1 Å². The lowest BCUT2D eigenvalue weighted by Crippen LogP contribution is -2.46. The predicted molar refractivity (Wildman–Crippen MR) is 57.3 cm³/mol. The van der Waals surface area contributed by atoms with Crippen molar-refractivity contribution in [3.63, 3.8) is 0 Å². The van der Waals surface area contributed by atoms with Crippen molar-refractivity contribution in [2.45, 2.75) is 18.9 Å². The van der Waals surface area contributed by atoms with Crippen LogP contribution in [-0.2, 0) is 11.2 Å².